The number of hydrogen-bond acceptors (Lipinski definition) is 1. The highest BCUT2D eigenvalue weighted by Gasteiger charge is 2.10. The quantitative estimate of drug-likeness (QED) is 0.280. The average molecular weight is 483 g/mol. The van der Waals surface area contributed by atoms with Gasteiger partial charge < -0.3 is 4.57 Å². The standard InChI is InChI=1S/C20H17Cl2IN2/c1-12-9-16(7-8-18(12)23)25-13(2)10-15(14(25)3)11-24-19-6-4-5-17(21)20(19)22/h4-11H,1-3H3. The fraction of sp³-hybridized carbons (Fsp3) is 0.150. The molecule has 0 aliphatic rings. The number of rotatable bonds is 3. The van der Waals surface area contributed by atoms with Gasteiger partial charge in [0.2, 0.25) is 0 Å². The van der Waals surface area contributed by atoms with Crippen molar-refractivity contribution < 1.29 is 0 Å². The summed E-state index contributed by atoms with van der Waals surface area (Å²) < 4.78 is 3.51. The maximum Gasteiger partial charge on any atom is 0.0848 e. The summed E-state index contributed by atoms with van der Waals surface area (Å²) >= 11 is 14.6. The molecular formula is C20H17Cl2IN2. The van der Waals surface area contributed by atoms with E-state index in [1.807, 2.05) is 18.3 Å². The molecule has 2 aromatic carbocycles. The van der Waals surface area contributed by atoms with Crippen LogP contribution in [0.25, 0.3) is 5.69 Å². The third-order valence-electron chi connectivity index (χ3n) is 4.14. The van der Waals surface area contributed by atoms with E-state index >= 15 is 0 Å². The summed E-state index contributed by atoms with van der Waals surface area (Å²) in [5, 5.41) is 0.985. The summed E-state index contributed by atoms with van der Waals surface area (Å²) in [6.45, 7) is 6.33. The van der Waals surface area contributed by atoms with Crippen LogP contribution in [0.4, 0.5) is 5.69 Å². The van der Waals surface area contributed by atoms with Gasteiger partial charge in [-0.05, 0) is 85.3 Å². The molecule has 1 heterocycles. The second kappa shape index (κ2) is 7.52. The first-order valence-electron chi connectivity index (χ1n) is 7.82. The van der Waals surface area contributed by atoms with Crippen molar-refractivity contribution in [1.82, 2.24) is 4.57 Å². The van der Waals surface area contributed by atoms with E-state index in [1.54, 1.807) is 6.07 Å². The summed E-state index contributed by atoms with van der Waals surface area (Å²) in [5.41, 5.74) is 6.46. The predicted molar refractivity (Wildman–Crippen MR) is 116 cm³/mol. The largest absolute Gasteiger partial charge is 0.318 e. The minimum atomic E-state index is 0.475. The van der Waals surface area contributed by atoms with Crippen LogP contribution < -0.4 is 0 Å². The summed E-state index contributed by atoms with van der Waals surface area (Å²) in [5.74, 6) is 0. The molecule has 1 aromatic heterocycles. The second-order valence-electron chi connectivity index (χ2n) is 5.93. The highest BCUT2D eigenvalue weighted by atomic mass is 127. The topological polar surface area (TPSA) is 17.3 Å². The van der Waals surface area contributed by atoms with Crippen LogP contribution in [-0.4, -0.2) is 10.8 Å². The first-order chi connectivity index (χ1) is 11.9. The van der Waals surface area contributed by atoms with Crippen molar-refractivity contribution in [3.8, 4) is 5.69 Å². The molecule has 3 rings (SSSR count). The zero-order valence-electron chi connectivity index (χ0n) is 14.1. The van der Waals surface area contributed by atoms with Crippen LogP contribution in [0.15, 0.2) is 47.5 Å². The van der Waals surface area contributed by atoms with E-state index in [0.717, 1.165) is 22.6 Å². The van der Waals surface area contributed by atoms with Crippen molar-refractivity contribution in [3.63, 3.8) is 0 Å². The number of nitrogens with zero attached hydrogens (tertiary/aromatic N) is 2. The Morgan fingerprint density at radius 2 is 1.80 bits per heavy atom. The van der Waals surface area contributed by atoms with Crippen molar-refractivity contribution in [3.05, 3.63) is 78.6 Å². The molecule has 0 atom stereocenters. The molecule has 0 aliphatic heterocycles. The number of benzene rings is 2. The maximum atomic E-state index is 6.21. The molecule has 128 valence electrons. The van der Waals surface area contributed by atoms with E-state index in [0.29, 0.717) is 15.7 Å². The van der Waals surface area contributed by atoms with Crippen LogP contribution in [0.1, 0.15) is 22.5 Å². The number of aryl methyl sites for hydroxylation is 2. The normalized spacial score (nSPS) is 11.4. The molecule has 0 saturated heterocycles. The molecule has 0 aliphatic carbocycles. The van der Waals surface area contributed by atoms with Crippen molar-refractivity contribution >= 4 is 57.7 Å². The van der Waals surface area contributed by atoms with Crippen LogP contribution in [0.2, 0.25) is 10.0 Å². The van der Waals surface area contributed by atoms with Crippen molar-refractivity contribution in [2.24, 2.45) is 4.99 Å². The molecule has 0 spiro atoms. The lowest BCUT2D eigenvalue weighted by Gasteiger charge is -2.11. The van der Waals surface area contributed by atoms with Crippen LogP contribution >= 0.6 is 45.8 Å². The molecule has 25 heavy (non-hydrogen) atoms. The number of halogens is 3. The minimum Gasteiger partial charge on any atom is -0.318 e. The fourth-order valence-electron chi connectivity index (χ4n) is 2.81. The van der Waals surface area contributed by atoms with Gasteiger partial charge in [0.25, 0.3) is 0 Å². The molecular weight excluding hydrogens is 466 g/mol. The lowest BCUT2D eigenvalue weighted by molar-refractivity contribution is 0.962. The summed E-state index contributed by atoms with van der Waals surface area (Å²) in [6, 6.07) is 14.1. The fourth-order valence-corrected chi connectivity index (χ4v) is 3.49. The van der Waals surface area contributed by atoms with E-state index in [2.05, 4.69) is 77.2 Å². The van der Waals surface area contributed by atoms with E-state index in [4.69, 9.17) is 23.2 Å². The zero-order chi connectivity index (χ0) is 18.1. The van der Waals surface area contributed by atoms with E-state index < -0.39 is 0 Å². The monoisotopic (exact) mass is 482 g/mol. The molecule has 0 saturated carbocycles. The van der Waals surface area contributed by atoms with Gasteiger partial charge in [0, 0.05) is 32.4 Å². The average Bonchev–Trinajstić information content (AvgIpc) is 2.86. The van der Waals surface area contributed by atoms with Gasteiger partial charge in [-0.25, -0.2) is 0 Å². The minimum absolute atomic E-state index is 0.475. The van der Waals surface area contributed by atoms with E-state index in [-0.39, 0.29) is 0 Å². The summed E-state index contributed by atoms with van der Waals surface area (Å²) in [4.78, 5) is 4.52. The molecule has 0 bridgehead atoms. The molecule has 0 unspecified atom stereocenters. The van der Waals surface area contributed by atoms with Gasteiger partial charge in [0.15, 0.2) is 0 Å². The Morgan fingerprint density at radius 3 is 2.52 bits per heavy atom. The van der Waals surface area contributed by atoms with Gasteiger partial charge >= 0.3 is 0 Å². The Balaban J connectivity index is 2.01. The van der Waals surface area contributed by atoms with Crippen molar-refractivity contribution in [1.29, 1.82) is 0 Å². The van der Waals surface area contributed by atoms with Crippen molar-refractivity contribution in [2.45, 2.75) is 20.8 Å². The van der Waals surface area contributed by atoms with Gasteiger partial charge in [-0.3, -0.25) is 4.99 Å². The van der Waals surface area contributed by atoms with Crippen LogP contribution in [0, 0.1) is 24.3 Å². The van der Waals surface area contributed by atoms with Crippen molar-refractivity contribution in [2.75, 3.05) is 0 Å². The Bertz CT molecular complexity index is 974. The van der Waals surface area contributed by atoms with E-state index in [1.165, 1.54) is 9.13 Å². The number of aliphatic imine (C=N–C) groups is 1. The Morgan fingerprint density at radius 1 is 1.04 bits per heavy atom. The SMILES string of the molecule is Cc1cc(-n2c(C)cc(C=Nc3cccc(Cl)c3Cl)c2C)ccc1I. The number of aromatic nitrogens is 1. The Labute approximate surface area is 171 Å². The summed E-state index contributed by atoms with van der Waals surface area (Å²) in [7, 11) is 0. The predicted octanol–water partition coefficient (Wildman–Crippen LogP) is 7.06. The first kappa shape index (κ1) is 18.5. The summed E-state index contributed by atoms with van der Waals surface area (Å²) in [6.07, 6.45) is 1.84. The molecule has 5 heteroatoms. The Hall–Kier alpha value is -1.30. The third kappa shape index (κ3) is 3.78. The van der Waals surface area contributed by atoms with Gasteiger partial charge in [-0.2, -0.15) is 0 Å². The molecule has 0 radical (unpaired) electrons. The van der Waals surface area contributed by atoms with Gasteiger partial charge in [-0.15, -0.1) is 0 Å². The molecule has 0 fully saturated rings. The Kier molecular flexibility index (Phi) is 5.56. The number of hydrogen-bond donors (Lipinski definition) is 0. The highest BCUT2D eigenvalue weighted by molar-refractivity contribution is 14.1. The van der Waals surface area contributed by atoms with Gasteiger partial charge in [0.05, 0.1) is 15.7 Å². The lowest BCUT2D eigenvalue weighted by Crippen LogP contribution is -2.00. The third-order valence-corrected chi connectivity index (χ3v) is 6.16. The molecule has 3 aromatic rings. The second-order valence-corrected chi connectivity index (χ2v) is 7.87. The lowest BCUT2D eigenvalue weighted by atomic mass is 10.2. The van der Waals surface area contributed by atoms with Crippen LogP contribution in [0.5, 0.6) is 0 Å². The first-order valence-corrected chi connectivity index (χ1v) is 9.65. The van der Waals surface area contributed by atoms with E-state index in [9.17, 15) is 0 Å². The maximum absolute atomic E-state index is 6.21. The van der Waals surface area contributed by atoms with Crippen LogP contribution in [0.3, 0.4) is 0 Å². The molecule has 2 nitrogen and oxygen atoms in total. The van der Waals surface area contributed by atoms with Gasteiger partial charge in [0.1, 0.15) is 0 Å². The van der Waals surface area contributed by atoms with Gasteiger partial charge in [-0.1, -0.05) is 29.3 Å². The molecule has 0 amide bonds. The zero-order valence-corrected chi connectivity index (χ0v) is 17.8. The molecule has 0 N–H and O–H groups in total. The smallest absolute Gasteiger partial charge is 0.0848 e. The van der Waals surface area contributed by atoms with Crippen LogP contribution in [-0.2, 0) is 0 Å². The highest BCUT2D eigenvalue weighted by Crippen LogP contribution is 2.32.